The lowest BCUT2D eigenvalue weighted by atomic mass is 10.1. The molecule has 1 aliphatic rings. The number of ether oxygens (including phenoxy) is 1. The van der Waals surface area contributed by atoms with Gasteiger partial charge < -0.3 is 9.57 Å². The lowest BCUT2D eigenvalue weighted by molar-refractivity contribution is -0.148. The minimum atomic E-state index is -0.801. The molecule has 0 unspecified atom stereocenters. The van der Waals surface area contributed by atoms with Gasteiger partial charge >= 0.3 is 18.0 Å². The van der Waals surface area contributed by atoms with E-state index in [1.165, 1.54) is 30.3 Å². The fourth-order valence-electron chi connectivity index (χ4n) is 2.67. The number of anilines is 1. The Morgan fingerprint density at radius 1 is 1.00 bits per heavy atom. The Morgan fingerprint density at radius 2 is 1.71 bits per heavy atom. The Labute approximate surface area is 161 Å². The molecule has 0 saturated carbocycles. The number of esters is 1. The van der Waals surface area contributed by atoms with Gasteiger partial charge in [0, 0.05) is 5.69 Å². The number of imide groups is 1. The first kappa shape index (κ1) is 19.1. The van der Waals surface area contributed by atoms with Crippen LogP contribution >= 0.6 is 0 Å². The summed E-state index contributed by atoms with van der Waals surface area (Å²) in [5, 5.41) is 0.448. The van der Waals surface area contributed by atoms with Crippen LogP contribution < -0.4 is 4.90 Å². The molecule has 0 N–H and O–H groups in total. The Balaban J connectivity index is 1.73. The van der Waals surface area contributed by atoms with Gasteiger partial charge in [-0.1, -0.05) is 22.8 Å². The van der Waals surface area contributed by atoms with Gasteiger partial charge in [-0.05, 0) is 50.2 Å². The third-order valence-corrected chi connectivity index (χ3v) is 4.04. The number of carbonyl (C=O) groups is 4. The summed E-state index contributed by atoms with van der Waals surface area (Å²) >= 11 is 0. The van der Waals surface area contributed by atoms with Crippen LogP contribution in [-0.4, -0.2) is 42.1 Å². The minimum Gasteiger partial charge on any atom is -0.462 e. The first-order valence-electron chi connectivity index (χ1n) is 8.61. The quantitative estimate of drug-likeness (QED) is 0.583. The van der Waals surface area contributed by atoms with Crippen molar-refractivity contribution in [2.24, 2.45) is 0 Å². The SMILES string of the molecule is CCOC(=O)c1ccc(N2CC(=O)N(OC(=O)c3cccc(C)c3)C2=O)cc1. The summed E-state index contributed by atoms with van der Waals surface area (Å²) in [5.41, 5.74) is 1.79. The van der Waals surface area contributed by atoms with E-state index in [0.29, 0.717) is 16.3 Å². The van der Waals surface area contributed by atoms with Crippen LogP contribution in [0.1, 0.15) is 33.2 Å². The number of hydroxylamine groups is 2. The van der Waals surface area contributed by atoms with Gasteiger partial charge in [0.15, 0.2) is 0 Å². The molecule has 8 heteroatoms. The number of nitrogens with zero attached hydrogens (tertiary/aromatic N) is 2. The minimum absolute atomic E-state index is 0.234. The summed E-state index contributed by atoms with van der Waals surface area (Å²) in [6, 6.07) is 11.9. The highest BCUT2D eigenvalue weighted by molar-refractivity contribution is 6.12. The van der Waals surface area contributed by atoms with Crippen LogP contribution in [0.15, 0.2) is 48.5 Å². The molecule has 0 spiro atoms. The van der Waals surface area contributed by atoms with Crippen LogP contribution in [0.4, 0.5) is 10.5 Å². The van der Waals surface area contributed by atoms with E-state index in [1.807, 2.05) is 13.0 Å². The van der Waals surface area contributed by atoms with Crippen LogP contribution in [0.5, 0.6) is 0 Å². The van der Waals surface area contributed by atoms with Crippen molar-refractivity contribution in [1.29, 1.82) is 0 Å². The van der Waals surface area contributed by atoms with Crippen molar-refractivity contribution < 1.29 is 28.8 Å². The maximum Gasteiger partial charge on any atom is 0.365 e. The molecule has 3 amide bonds. The Morgan fingerprint density at radius 3 is 2.36 bits per heavy atom. The molecule has 2 aromatic rings. The number of hydrogen-bond acceptors (Lipinski definition) is 6. The zero-order chi connectivity index (χ0) is 20.3. The highest BCUT2D eigenvalue weighted by Gasteiger charge is 2.40. The van der Waals surface area contributed by atoms with Gasteiger partial charge in [-0.25, -0.2) is 14.4 Å². The Hall–Kier alpha value is -3.68. The van der Waals surface area contributed by atoms with Crippen LogP contribution in [0.25, 0.3) is 0 Å². The zero-order valence-corrected chi connectivity index (χ0v) is 15.4. The summed E-state index contributed by atoms with van der Waals surface area (Å²) in [5.74, 6) is -1.95. The van der Waals surface area contributed by atoms with E-state index in [4.69, 9.17) is 9.57 Å². The van der Waals surface area contributed by atoms with Crippen LogP contribution in [0.2, 0.25) is 0 Å². The molecule has 0 bridgehead atoms. The molecule has 3 rings (SSSR count). The smallest absolute Gasteiger partial charge is 0.365 e. The highest BCUT2D eigenvalue weighted by atomic mass is 16.7. The van der Waals surface area contributed by atoms with E-state index >= 15 is 0 Å². The predicted molar refractivity (Wildman–Crippen MR) is 98.6 cm³/mol. The average Bonchev–Trinajstić information content (AvgIpc) is 2.96. The summed E-state index contributed by atoms with van der Waals surface area (Å²) in [6.45, 7) is 3.48. The number of carbonyl (C=O) groups excluding carboxylic acids is 4. The average molecular weight is 382 g/mol. The number of rotatable bonds is 5. The van der Waals surface area contributed by atoms with E-state index < -0.39 is 23.9 Å². The number of hydrogen-bond donors (Lipinski definition) is 0. The number of amides is 3. The molecule has 1 fully saturated rings. The number of aryl methyl sites for hydroxylation is 1. The molecular weight excluding hydrogens is 364 g/mol. The van der Waals surface area contributed by atoms with E-state index in [2.05, 4.69) is 0 Å². The Bertz CT molecular complexity index is 938. The van der Waals surface area contributed by atoms with Gasteiger partial charge in [-0.2, -0.15) is 0 Å². The molecule has 0 atom stereocenters. The lowest BCUT2D eigenvalue weighted by Crippen LogP contribution is -2.35. The van der Waals surface area contributed by atoms with Gasteiger partial charge in [-0.3, -0.25) is 9.69 Å². The molecule has 2 aromatic carbocycles. The summed E-state index contributed by atoms with van der Waals surface area (Å²) in [7, 11) is 0. The molecular formula is C20H18N2O6. The van der Waals surface area contributed by atoms with Crippen molar-refractivity contribution in [1.82, 2.24) is 5.06 Å². The summed E-state index contributed by atoms with van der Waals surface area (Å²) in [6.07, 6.45) is 0. The standard InChI is InChI=1S/C20H18N2O6/c1-3-27-18(24)14-7-9-16(10-8-14)21-12-17(23)22(20(21)26)28-19(25)15-6-4-5-13(2)11-15/h4-11H,3,12H2,1-2H3. The van der Waals surface area contributed by atoms with Gasteiger partial charge in [-0.15, -0.1) is 0 Å². The molecule has 144 valence electrons. The molecule has 28 heavy (non-hydrogen) atoms. The number of urea groups is 1. The van der Waals surface area contributed by atoms with Crippen LogP contribution in [-0.2, 0) is 14.4 Å². The van der Waals surface area contributed by atoms with E-state index in [1.54, 1.807) is 19.1 Å². The fraction of sp³-hybridized carbons (Fsp3) is 0.200. The van der Waals surface area contributed by atoms with Gasteiger partial charge in [0.25, 0.3) is 5.91 Å². The van der Waals surface area contributed by atoms with E-state index in [0.717, 1.165) is 10.5 Å². The maximum atomic E-state index is 12.5. The Kier molecular flexibility index (Phi) is 5.39. The van der Waals surface area contributed by atoms with Crippen molar-refractivity contribution in [3.63, 3.8) is 0 Å². The maximum absolute atomic E-state index is 12.5. The van der Waals surface area contributed by atoms with Crippen LogP contribution in [0.3, 0.4) is 0 Å². The summed E-state index contributed by atoms with van der Waals surface area (Å²) in [4.78, 5) is 54.8. The van der Waals surface area contributed by atoms with Gasteiger partial charge in [0.1, 0.15) is 6.54 Å². The van der Waals surface area contributed by atoms with E-state index in [-0.39, 0.29) is 18.7 Å². The first-order valence-corrected chi connectivity index (χ1v) is 8.61. The molecule has 0 aromatic heterocycles. The van der Waals surface area contributed by atoms with Crippen molar-refractivity contribution in [2.45, 2.75) is 13.8 Å². The third-order valence-electron chi connectivity index (χ3n) is 4.04. The molecule has 0 aliphatic carbocycles. The second kappa shape index (κ2) is 7.91. The lowest BCUT2D eigenvalue weighted by Gasteiger charge is -2.16. The molecule has 1 saturated heterocycles. The first-order chi connectivity index (χ1) is 13.4. The molecule has 1 heterocycles. The largest absolute Gasteiger partial charge is 0.462 e. The van der Waals surface area contributed by atoms with Gasteiger partial charge in [0.2, 0.25) is 0 Å². The van der Waals surface area contributed by atoms with Crippen molar-refractivity contribution >= 4 is 29.6 Å². The fourth-order valence-corrected chi connectivity index (χ4v) is 2.67. The monoisotopic (exact) mass is 382 g/mol. The van der Waals surface area contributed by atoms with Crippen molar-refractivity contribution in [2.75, 3.05) is 18.1 Å². The van der Waals surface area contributed by atoms with E-state index in [9.17, 15) is 19.2 Å². The highest BCUT2D eigenvalue weighted by Crippen LogP contribution is 2.23. The second-order valence-electron chi connectivity index (χ2n) is 6.07. The molecule has 0 radical (unpaired) electrons. The normalized spacial score (nSPS) is 13.6. The van der Waals surface area contributed by atoms with Crippen molar-refractivity contribution in [3.05, 3.63) is 65.2 Å². The molecule has 8 nitrogen and oxygen atoms in total. The molecule has 1 aliphatic heterocycles. The predicted octanol–water partition coefficient (Wildman–Crippen LogP) is 2.71. The second-order valence-corrected chi connectivity index (χ2v) is 6.07. The third kappa shape index (κ3) is 3.85. The van der Waals surface area contributed by atoms with Gasteiger partial charge in [0.05, 0.1) is 17.7 Å². The number of benzene rings is 2. The summed E-state index contributed by atoms with van der Waals surface area (Å²) < 4.78 is 4.90. The zero-order valence-electron chi connectivity index (χ0n) is 15.4. The van der Waals surface area contributed by atoms with Crippen molar-refractivity contribution in [3.8, 4) is 0 Å². The van der Waals surface area contributed by atoms with Crippen LogP contribution in [0, 0.1) is 6.92 Å². The topological polar surface area (TPSA) is 93.2 Å².